The Balaban J connectivity index is 2.03. The fraction of sp³-hybridized carbons (Fsp3) is 0.526. The maximum Gasteiger partial charge on any atom is 0.253 e. The molecular weight excluding hydrogens is 421 g/mol. The summed E-state index contributed by atoms with van der Waals surface area (Å²) in [5.41, 5.74) is 0.289. The standard InChI is InChI=1S/C19H25Cl2N3O3S/c1-12(25)22-14-5-8-24(9-6-14)19(27)17(7-10-28-2)23-18(26)15-4-3-13(20)11-16(15)21/h3-4,11,14,17H,5-10H2,1-2H3,(H,22,25)(H,23,26). The van der Waals surface area contributed by atoms with E-state index in [9.17, 15) is 14.4 Å². The first-order valence-electron chi connectivity index (χ1n) is 9.12. The molecule has 0 radical (unpaired) electrons. The maximum atomic E-state index is 13.0. The largest absolute Gasteiger partial charge is 0.353 e. The quantitative estimate of drug-likeness (QED) is 0.675. The van der Waals surface area contributed by atoms with Gasteiger partial charge >= 0.3 is 0 Å². The summed E-state index contributed by atoms with van der Waals surface area (Å²) in [6, 6.07) is 4.12. The van der Waals surface area contributed by atoms with E-state index in [0.717, 1.165) is 5.75 Å². The first kappa shape index (κ1) is 22.8. The van der Waals surface area contributed by atoms with Crippen molar-refractivity contribution in [1.82, 2.24) is 15.5 Å². The molecule has 2 rings (SSSR count). The number of amides is 3. The number of carbonyl (C=O) groups excluding carboxylic acids is 3. The highest BCUT2D eigenvalue weighted by molar-refractivity contribution is 7.98. The smallest absolute Gasteiger partial charge is 0.253 e. The van der Waals surface area contributed by atoms with Crippen molar-refractivity contribution < 1.29 is 14.4 Å². The molecule has 6 nitrogen and oxygen atoms in total. The molecule has 0 aliphatic carbocycles. The van der Waals surface area contributed by atoms with Crippen LogP contribution in [0.5, 0.6) is 0 Å². The number of nitrogens with zero attached hydrogens (tertiary/aromatic N) is 1. The Morgan fingerprint density at radius 1 is 1.25 bits per heavy atom. The SMILES string of the molecule is CSCCC(NC(=O)c1ccc(Cl)cc1Cl)C(=O)N1CCC(NC(C)=O)CC1. The van der Waals surface area contributed by atoms with Gasteiger partial charge in [-0.25, -0.2) is 0 Å². The lowest BCUT2D eigenvalue weighted by molar-refractivity contribution is -0.134. The summed E-state index contributed by atoms with van der Waals surface area (Å²) in [6.45, 7) is 2.60. The Kier molecular flexibility index (Phi) is 8.92. The highest BCUT2D eigenvalue weighted by atomic mass is 35.5. The van der Waals surface area contributed by atoms with E-state index in [2.05, 4.69) is 10.6 Å². The Bertz CT molecular complexity index is 724. The Hall–Kier alpha value is -1.44. The number of piperidine rings is 1. The van der Waals surface area contributed by atoms with Crippen LogP contribution < -0.4 is 10.6 Å². The van der Waals surface area contributed by atoms with E-state index in [4.69, 9.17) is 23.2 Å². The molecule has 1 aromatic carbocycles. The van der Waals surface area contributed by atoms with E-state index in [1.807, 2.05) is 6.26 Å². The normalized spacial score (nSPS) is 15.8. The third-order valence-corrected chi connectivity index (χ3v) is 5.80. The molecule has 0 saturated carbocycles. The molecule has 1 unspecified atom stereocenters. The second-order valence-corrected chi connectivity index (χ2v) is 8.56. The van der Waals surface area contributed by atoms with E-state index in [1.165, 1.54) is 13.0 Å². The molecule has 1 aliphatic heterocycles. The van der Waals surface area contributed by atoms with Gasteiger partial charge in [-0.15, -0.1) is 0 Å². The van der Waals surface area contributed by atoms with Gasteiger partial charge in [0.15, 0.2) is 0 Å². The van der Waals surface area contributed by atoms with E-state index in [1.54, 1.807) is 28.8 Å². The number of likely N-dealkylation sites (tertiary alicyclic amines) is 1. The number of hydrogen-bond acceptors (Lipinski definition) is 4. The van der Waals surface area contributed by atoms with Crippen LogP contribution in [0.1, 0.15) is 36.5 Å². The summed E-state index contributed by atoms with van der Waals surface area (Å²) in [7, 11) is 0. The molecular formula is C19H25Cl2N3O3S. The van der Waals surface area contributed by atoms with Gasteiger partial charge < -0.3 is 15.5 Å². The highest BCUT2D eigenvalue weighted by Gasteiger charge is 2.29. The van der Waals surface area contributed by atoms with Crippen molar-refractivity contribution in [2.24, 2.45) is 0 Å². The zero-order valence-corrected chi connectivity index (χ0v) is 18.3. The summed E-state index contributed by atoms with van der Waals surface area (Å²) in [5.74, 6) is 0.186. The molecule has 1 atom stereocenters. The predicted octanol–water partition coefficient (Wildman–Crippen LogP) is 2.97. The Morgan fingerprint density at radius 2 is 1.93 bits per heavy atom. The zero-order chi connectivity index (χ0) is 20.7. The molecule has 1 heterocycles. The summed E-state index contributed by atoms with van der Waals surface area (Å²) in [5, 5.41) is 6.41. The molecule has 0 aromatic heterocycles. The molecule has 0 spiro atoms. The summed E-state index contributed by atoms with van der Waals surface area (Å²) >= 11 is 13.6. The minimum Gasteiger partial charge on any atom is -0.353 e. The highest BCUT2D eigenvalue weighted by Crippen LogP contribution is 2.21. The Morgan fingerprint density at radius 3 is 2.50 bits per heavy atom. The van der Waals surface area contributed by atoms with Crippen LogP contribution in [0.3, 0.4) is 0 Å². The first-order chi connectivity index (χ1) is 13.3. The molecule has 1 saturated heterocycles. The molecule has 3 amide bonds. The van der Waals surface area contributed by atoms with Gasteiger partial charge in [-0.3, -0.25) is 14.4 Å². The zero-order valence-electron chi connectivity index (χ0n) is 16.0. The second kappa shape index (κ2) is 10.9. The van der Waals surface area contributed by atoms with Gasteiger partial charge in [-0.05, 0) is 49.5 Å². The molecule has 2 N–H and O–H groups in total. The molecule has 9 heteroatoms. The average molecular weight is 446 g/mol. The summed E-state index contributed by atoms with van der Waals surface area (Å²) in [4.78, 5) is 38.6. The summed E-state index contributed by atoms with van der Waals surface area (Å²) in [6.07, 6.45) is 3.90. The van der Waals surface area contributed by atoms with Crippen LogP contribution in [0, 0.1) is 0 Å². The van der Waals surface area contributed by atoms with E-state index in [0.29, 0.717) is 37.4 Å². The van der Waals surface area contributed by atoms with Gasteiger partial charge in [0.1, 0.15) is 6.04 Å². The second-order valence-electron chi connectivity index (χ2n) is 6.73. The van der Waals surface area contributed by atoms with Crippen LogP contribution in [-0.4, -0.2) is 59.8 Å². The molecule has 154 valence electrons. The first-order valence-corrected chi connectivity index (χ1v) is 11.3. The Labute approximate surface area is 179 Å². The molecule has 1 fully saturated rings. The van der Waals surface area contributed by atoms with Crippen LogP contribution in [-0.2, 0) is 9.59 Å². The van der Waals surface area contributed by atoms with Crippen LogP contribution in [0.4, 0.5) is 0 Å². The van der Waals surface area contributed by atoms with Gasteiger partial charge in [0.05, 0.1) is 10.6 Å². The number of benzene rings is 1. The van der Waals surface area contributed by atoms with Crippen LogP contribution in [0.25, 0.3) is 0 Å². The summed E-state index contributed by atoms with van der Waals surface area (Å²) < 4.78 is 0. The predicted molar refractivity (Wildman–Crippen MR) is 114 cm³/mol. The van der Waals surface area contributed by atoms with Crippen molar-refractivity contribution in [3.05, 3.63) is 33.8 Å². The van der Waals surface area contributed by atoms with Gasteiger partial charge in [-0.1, -0.05) is 23.2 Å². The van der Waals surface area contributed by atoms with Gasteiger partial charge in [0.25, 0.3) is 5.91 Å². The lowest BCUT2D eigenvalue weighted by atomic mass is 10.0. The van der Waals surface area contributed by atoms with E-state index >= 15 is 0 Å². The minimum atomic E-state index is -0.621. The van der Waals surface area contributed by atoms with Gasteiger partial charge in [0, 0.05) is 31.1 Å². The van der Waals surface area contributed by atoms with Crippen molar-refractivity contribution in [3.8, 4) is 0 Å². The van der Waals surface area contributed by atoms with Crippen molar-refractivity contribution in [3.63, 3.8) is 0 Å². The molecule has 28 heavy (non-hydrogen) atoms. The third-order valence-electron chi connectivity index (χ3n) is 4.60. The minimum absolute atomic E-state index is 0.0604. The number of thioether (sulfide) groups is 1. The monoisotopic (exact) mass is 445 g/mol. The topological polar surface area (TPSA) is 78.5 Å². The van der Waals surface area contributed by atoms with Gasteiger partial charge in [-0.2, -0.15) is 11.8 Å². The van der Waals surface area contributed by atoms with E-state index < -0.39 is 11.9 Å². The number of nitrogens with one attached hydrogen (secondary N) is 2. The van der Waals surface area contributed by atoms with Gasteiger partial charge in [0.2, 0.25) is 11.8 Å². The van der Waals surface area contributed by atoms with Crippen LogP contribution >= 0.6 is 35.0 Å². The van der Waals surface area contributed by atoms with Crippen molar-refractivity contribution in [2.75, 3.05) is 25.1 Å². The number of carbonyl (C=O) groups is 3. The number of halogens is 2. The van der Waals surface area contributed by atoms with Crippen LogP contribution in [0.2, 0.25) is 10.0 Å². The fourth-order valence-electron chi connectivity index (χ4n) is 3.15. The van der Waals surface area contributed by atoms with Crippen molar-refractivity contribution in [2.45, 2.75) is 38.3 Å². The number of hydrogen-bond donors (Lipinski definition) is 2. The third kappa shape index (κ3) is 6.57. The lowest BCUT2D eigenvalue weighted by Gasteiger charge is -2.34. The molecule has 1 aromatic rings. The number of rotatable bonds is 7. The fourth-order valence-corrected chi connectivity index (χ4v) is 4.12. The maximum absolute atomic E-state index is 13.0. The van der Waals surface area contributed by atoms with Crippen molar-refractivity contribution in [1.29, 1.82) is 0 Å². The lowest BCUT2D eigenvalue weighted by Crippen LogP contribution is -2.53. The molecule has 1 aliphatic rings. The van der Waals surface area contributed by atoms with Crippen molar-refractivity contribution >= 4 is 52.7 Å². The average Bonchev–Trinajstić information content (AvgIpc) is 2.64. The van der Waals surface area contributed by atoms with Crippen LogP contribution in [0.15, 0.2) is 18.2 Å². The molecule has 0 bridgehead atoms. The van der Waals surface area contributed by atoms with E-state index in [-0.39, 0.29) is 28.4 Å².